The summed E-state index contributed by atoms with van der Waals surface area (Å²) in [5, 5.41) is 11.0. The van der Waals surface area contributed by atoms with Crippen molar-refractivity contribution in [2.75, 3.05) is 14.2 Å². The molecule has 2 aromatic carbocycles. The van der Waals surface area contributed by atoms with Crippen molar-refractivity contribution in [2.24, 2.45) is 11.8 Å². The fourth-order valence-electron chi connectivity index (χ4n) is 4.65. The topological polar surface area (TPSA) is 38.7 Å². The van der Waals surface area contributed by atoms with Crippen molar-refractivity contribution in [1.82, 2.24) is 0 Å². The molecule has 0 bridgehead atoms. The normalized spacial score (nSPS) is 22.1. The van der Waals surface area contributed by atoms with Crippen LogP contribution in [0.3, 0.4) is 0 Å². The van der Waals surface area contributed by atoms with E-state index in [4.69, 9.17) is 9.47 Å². The van der Waals surface area contributed by atoms with Gasteiger partial charge in [0.15, 0.2) is 11.5 Å². The Bertz CT molecular complexity index is 854. The van der Waals surface area contributed by atoms with Gasteiger partial charge in [0.25, 0.3) is 0 Å². The van der Waals surface area contributed by atoms with E-state index in [9.17, 15) is 5.11 Å². The Labute approximate surface area is 175 Å². The number of hydrogen-bond donors (Lipinski definition) is 1. The quantitative estimate of drug-likeness (QED) is 0.615. The van der Waals surface area contributed by atoms with Crippen molar-refractivity contribution in [3.05, 3.63) is 64.7 Å². The number of allylic oxidation sites excluding steroid dienone is 2. The van der Waals surface area contributed by atoms with Crippen LogP contribution >= 0.6 is 0 Å². The summed E-state index contributed by atoms with van der Waals surface area (Å²) in [6, 6.07) is 13.7. The predicted molar refractivity (Wildman–Crippen MR) is 119 cm³/mol. The van der Waals surface area contributed by atoms with Crippen LogP contribution < -0.4 is 9.47 Å². The van der Waals surface area contributed by atoms with E-state index in [-0.39, 0.29) is 0 Å². The molecule has 0 heterocycles. The lowest BCUT2D eigenvalue weighted by atomic mass is 9.76. The third-order valence-electron chi connectivity index (χ3n) is 6.31. The molecule has 3 heteroatoms. The Morgan fingerprint density at radius 1 is 1.07 bits per heavy atom. The fraction of sp³-hybridized carbons (Fsp3) is 0.462. The van der Waals surface area contributed by atoms with Gasteiger partial charge in [0.1, 0.15) is 6.10 Å². The maximum absolute atomic E-state index is 11.0. The van der Waals surface area contributed by atoms with Gasteiger partial charge in [-0.05, 0) is 66.9 Å². The van der Waals surface area contributed by atoms with Crippen molar-refractivity contribution in [1.29, 1.82) is 0 Å². The van der Waals surface area contributed by atoms with Crippen LogP contribution in [0, 0.1) is 11.8 Å². The van der Waals surface area contributed by atoms with Gasteiger partial charge in [0.2, 0.25) is 0 Å². The maximum Gasteiger partial charge on any atom is 0.168 e. The highest BCUT2D eigenvalue weighted by Gasteiger charge is 2.25. The zero-order chi connectivity index (χ0) is 21.0. The molecule has 0 spiro atoms. The molecule has 1 aliphatic carbocycles. The molecule has 1 saturated carbocycles. The van der Waals surface area contributed by atoms with Crippen LogP contribution in [-0.4, -0.2) is 19.3 Å². The molecule has 2 aromatic rings. The molecule has 0 saturated heterocycles. The number of aliphatic hydroxyl groups is 1. The molecule has 3 unspecified atom stereocenters. The van der Waals surface area contributed by atoms with E-state index in [0.717, 1.165) is 41.2 Å². The summed E-state index contributed by atoms with van der Waals surface area (Å²) in [5.74, 6) is 2.85. The Morgan fingerprint density at radius 2 is 1.79 bits per heavy atom. The highest BCUT2D eigenvalue weighted by atomic mass is 16.5. The first-order valence-electron chi connectivity index (χ1n) is 10.7. The van der Waals surface area contributed by atoms with Crippen LogP contribution in [0.4, 0.5) is 0 Å². The van der Waals surface area contributed by atoms with Crippen molar-refractivity contribution in [3.63, 3.8) is 0 Å². The first-order valence-corrected chi connectivity index (χ1v) is 10.7. The number of methoxy groups -OCH3 is 2. The van der Waals surface area contributed by atoms with Gasteiger partial charge in [-0.3, -0.25) is 0 Å². The molecule has 3 atom stereocenters. The lowest BCUT2D eigenvalue weighted by Crippen LogP contribution is -2.15. The second-order valence-corrected chi connectivity index (χ2v) is 8.37. The molecule has 0 amide bonds. The van der Waals surface area contributed by atoms with Crippen LogP contribution in [0.2, 0.25) is 0 Å². The number of benzene rings is 2. The monoisotopic (exact) mass is 394 g/mol. The highest BCUT2D eigenvalue weighted by molar-refractivity contribution is 5.75. The Morgan fingerprint density at radius 3 is 2.41 bits per heavy atom. The van der Waals surface area contributed by atoms with Crippen LogP contribution in [0.25, 0.3) is 5.57 Å². The van der Waals surface area contributed by atoms with E-state index in [2.05, 4.69) is 26.8 Å². The Kier molecular flexibility index (Phi) is 7.02. The van der Waals surface area contributed by atoms with Gasteiger partial charge in [-0.15, -0.1) is 0 Å². The summed E-state index contributed by atoms with van der Waals surface area (Å²) < 4.78 is 11.4. The van der Waals surface area contributed by atoms with Crippen molar-refractivity contribution >= 4 is 5.57 Å². The van der Waals surface area contributed by atoms with Crippen LogP contribution in [0.1, 0.15) is 69.2 Å². The van der Waals surface area contributed by atoms with Gasteiger partial charge >= 0.3 is 0 Å². The second kappa shape index (κ2) is 9.49. The lowest BCUT2D eigenvalue weighted by molar-refractivity contribution is 0.219. The van der Waals surface area contributed by atoms with Crippen LogP contribution in [-0.2, 0) is 0 Å². The van der Waals surface area contributed by atoms with E-state index >= 15 is 0 Å². The fourth-order valence-corrected chi connectivity index (χ4v) is 4.65. The molecule has 0 aliphatic heterocycles. The highest BCUT2D eigenvalue weighted by Crippen LogP contribution is 2.44. The molecule has 3 nitrogen and oxygen atoms in total. The second-order valence-electron chi connectivity index (χ2n) is 8.37. The molecule has 156 valence electrons. The largest absolute Gasteiger partial charge is 0.493 e. The van der Waals surface area contributed by atoms with Gasteiger partial charge in [-0.1, -0.05) is 56.2 Å². The van der Waals surface area contributed by atoms with Gasteiger partial charge < -0.3 is 14.6 Å². The molecular formula is C26H34O3. The first-order chi connectivity index (χ1) is 14.0. The summed E-state index contributed by atoms with van der Waals surface area (Å²) >= 11 is 0. The summed E-state index contributed by atoms with van der Waals surface area (Å²) in [6.07, 6.45) is 4.08. The summed E-state index contributed by atoms with van der Waals surface area (Å²) in [6.45, 7) is 6.83. The zero-order valence-corrected chi connectivity index (χ0v) is 18.4. The van der Waals surface area contributed by atoms with Crippen molar-refractivity contribution < 1.29 is 14.6 Å². The summed E-state index contributed by atoms with van der Waals surface area (Å²) in [4.78, 5) is 0. The van der Waals surface area contributed by atoms with Gasteiger partial charge in [0.05, 0.1) is 14.2 Å². The molecule has 0 radical (unpaired) electrons. The maximum atomic E-state index is 11.0. The third kappa shape index (κ3) is 4.67. The molecule has 1 N–H and O–H groups in total. The van der Waals surface area contributed by atoms with Crippen LogP contribution in [0.5, 0.6) is 11.5 Å². The third-order valence-corrected chi connectivity index (χ3v) is 6.31. The zero-order valence-electron chi connectivity index (χ0n) is 18.4. The predicted octanol–water partition coefficient (Wildman–Crippen LogP) is 6.41. The Balaban J connectivity index is 2.10. The number of hydrogen-bond acceptors (Lipinski definition) is 3. The molecule has 3 rings (SSSR count). The molecular weight excluding hydrogens is 360 g/mol. The molecule has 1 aliphatic rings. The first kappa shape index (κ1) is 21.4. The standard InChI is InChI=1S/C26H34O3/c1-6-19-12-17(2)13-21(14-19)18(3)23-15-22(16-24(28-4)26(23)29-5)25(27)20-10-8-7-9-11-20/h7-11,15-17,19,25,27H,6,12-14H2,1-5H3/b21-18+. The van der Waals surface area contributed by atoms with Gasteiger partial charge in [0, 0.05) is 5.56 Å². The summed E-state index contributed by atoms with van der Waals surface area (Å²) in [7, 11) is 3.34. The Hall–Kier alpha value is -2.26. The van der Waals surface area contributed by atoms with E-state index in [1.807, 2.05) is 36.4 Å². The van der Waals surface area contributed by atoms with Gasteiger partial charge in [-0.25, -0.2) is 0 Å². The minimum absolute atomic E-state index is 0.658. The van der Waals surface area contributed by atoms with Crippen molar-refractivity contribution in [3.8, 4) is 11.5 Å². The minimum Gasteiger partial charge on any atom is -0.493 e. The smallest absolute Gasteiger partial charge is 0.168 e. The van der Waals surface area contributed by atoms with Gasteiger partial charge in [-0.2, -0.15) is 0 Å². The van der Waals surface area contributed by atoms with E-state index in [0.29, 0.717) is 11.7 Å². The van der Waals surface area contributed by atoms with E-state index < -0.39 is 6.10 Å². The summed E-state index contributed by atoms with van der Waals surface area (Å²) in [5.41, 5.74) is 5.47. The molecule has 1 fully saturated rings. The number of aliphatic hydroxyl groups excluding tert-OH is 1. The average Bonchev–Trinajstić information content (AvgIpc) is 2.77. The van der Waals surface area contributed by atoms with E-state index in [1.165, 1.54) is 24.0 Å². The average molecular weight is 395 g/mol. The lowest BCUT2D eigenvalue weighted by Gasteiger charge is -2.30. The van der Waals surface area contributed by atoms with Crippen molar-refractivity contribution in [2.45, 2.75) is 52.6 Å². The SMILES string of the molecule is CCC1C/C(=C(\C)c2cc(C(O)c3ccccc3)cc(OC)c2OC)CC(C)C1. The molecule has 29 heavy (non-hydrogen) atoms. The number of rotatable bonds is 6. The van der Waals surface area contributed by atoms with E-state index in [1.54, 1.807) is 14.2 Å². The molecule has 0 aromatic heterocycles. The minimum atomic E-state index is -0.707. The van der Waals surface area contributed by atoms with Crippen LogP contribution in [0.15, 0.2) is 48.0 Å². The number of ether oxygens (including phenoxy) is 2.